The monoisotopic (exact) mass is 262 g/mol. The highest BCUT2D eigenvalue weighted by atomic mass is 32.2. The normalized spacial score (nSPS) is 33.8. The second-order valence-corrected chi connectivity index (χ2v) is 9.12. The molecular weight excluding hydrogens is 236 g/mol. The Morgan fingerprint density at radius 2 is 1.88 bits per heavy atom. The Balaban J connectivity index is 2.34. The van der Waals surface area contributed by atoms with Crippen LogP contribution in [0.5, 0.6) is 0 Å². The minimum absolute atomic E-state index is 0.119. The zero-order valence-electron chi connectivity index (χ0n) is 11.2. The van der Waals surface area contributed by atoms with Gasteiger partial charge in [0.1, 0.15) is 0 Å². The maximum absolute atomic E-state index is 10.2. The van der Waals surface area contributed by atoms with E-state index in [1.54, 1.807) is 0 Å². The van der Waals surface area contributed by atoms with Crippen molar-refractivity contribution in [1.29, 1.82) is 0 Å². The maximum Gasteiger partial charge on any atom is 0.0667 e. The predicted octanol–water partition coefficient (Wildman–Crippen LogP) is 3.80. The van der Waals surface area contributed by atoms with Crippen molar-refractivity contribution in [2.45, 2.75) is 69.3 Å². The molecule has 1 heterocycles. The van der Waals surface area contributed by atoms with E-state index in [2.05, 4.69) is 34.6 Å². The summed E-state index contributed by atoms with van der Waals surface area (Å²) in [7, 11) is 0. The number of hydrogen-bond donors (Lipinski definition) is 1. The molecule has 1 fully saturated rings. The van der Waals surface area contributed by atoms with Crippen LogP contribution in [0.4, 0.5) is 0 Å². The molecule has 1 saturated heterocycles. The minimum atomic E-state index is -0.119. The van der Waals surface area contributed by atoms with Crippen LogP contribution in [0, 0.1) is 5.41 Å². The highest BCUT2D eigenvalue weighted by Crippen LogP contribution is 2.38. The fraction of sp³-hybridized carbons (Fsp3) is 1.00. The molecule has 1 aliphatic heterocycles. The van der Waals surface area contributed by atoms with Crippen molar-refractivity contribution in [2.24, 2.45) is 5.41 Å². The van der Waals surface area contributed by atoms with Gasteiger partial charge in [-0.1, -0.05) is 34.6 Å². The van der Waals surface area contributed by atoms with Gasteiger partial charge in [0.2, 0.25) is 0 Å². The van der Waals surface area contributed by atoms with Gasteiger partial charge in [0, 0.05) is 21.5 Å². The highest BCUT2D eigenvalue weighted by molar-refractivity contribution is 8.07. The Kier molecular flexibility index (Phi) is 5.53. The van der Waals surface area contributed by atoms with E-state index in [0.717, 1.165) is 23.8 Å². The molecule has 16 heavy (non-hydrogen) atoms. The summed E-state index contributed by atoms with van der Waals surface area (Å²) in [5, 5.41) is 12.1. The van der Waals surface area contributed by atoms with E-state index in [4.69, 9.17) is 0 Å². The van der Waals surface area contributed by atoms with Gasteiger partial charge < -0.3 is 5.11 Å². The van der Waals surface area contributed by atoms with Gasteiger partial charge >= 0.3 is 0 Å². The summed E-state index contributed by atoms with van der Waals surface area (Å²) < 4.78 is 0. The SMILES string of the molecule is CC1SCC(C(O)CCC(C)(C)C)SC1C. The summed E-state index contributed by atoms with van der Waals surface area (Å²) in [6.45, 7) is 11.3. The van der Waals surface area contributed by atoms with Crippen LogP contribution in [0.25, 0.3) is 0 Å². The standard InChI is InChI=1S/C13H26OS2/c1-9-10(2)16-12(8-15-9)11(14)6-7-13(3,4)5/h9-12,14H,6-8H2,1-5H3. The average molecular weight is 262 g/mol. The first-order valence-electron chi connectivity index (χ1n) is 6.25. The van der Waals surface area contributed by atoms with E-state index in [1.165, 1.54) is 0 Å². The van der Waals surface area contributed by atoms with Crippen LogP contribution >= 0.6 is 23.5 Å². The lowest BCUT2D eigenvalue weighted by atomic mass is 9.89. The van der Waals surface area contributed by atoms with Gasteiger partial charge in [0.05, 0.1) is 6.10 Å². The molecule has 0 aliphatic carbocycles. The zero-order valence-corrected chi connectivity index (χ0v) is 12.8. The second kappa shape index (κ2) is 6.01. The van der Waals surface area contributed by atoms with Crippen molar-refractivity contribution < 1.29 is 5.11 Å². The van der Waals surface area contributed by atoms with Crippen LogP contribution < -0.4 is 0 Å². The fourth-order valence-electron chi connectivity index (χ4n) is 1.78. The summed E-state index contributed by atoms with van der Waals surface area (Å²) in [5.74, 6) is 1.11. The van der Waals surface area contributed by atoms with Crippen molar-refractivity contribution in [3.63, 3.8) is 0 Å². The van der Waals surface area contributed by atoms with Crippen molar-refractivity contribution in [2.75, 3.05) is 5.75 Å². The van der Waals surface area contributed by atoms with Crippen molar-refractivity contribution in [3.05, 3.63) is 0 Å². The molecule has 1 rings (SSSR count). The van der Waals surface area contributed by atoms with Gasteiger partial charge in [-0.2, -0.15) is 23.5 Å². The number of aliphatic hydroxyl groups is 1. The third-order valence-electron chi connectivity index (χ3n) is 3.19. The molecule has 1 nitrogen and oxygen atoms in total. The molecule has 0 aromatic heterocycles. The van der Waals surface area contributed by atoms with E-state index in [9.17, 15) is 5.11 Å². The van der Waals surface area contributed by atoms with E-state index in [1.807, 2.05) is 23.5 Å². The maximum atomic E-state index is 10.2. The molecule has 0 amide bonds. The molecule has 0 saturated carbocycles. The Labute approximate surface area is 109 Å². The zero-order chi connectivity index (χ0) is 12.3. The first-order valence-corrected chi connectivity index (χ1v) is 8.24. The molecule has 96 valence electrons. The van der Waals surface area contributed by atoms with Gasteiger partial charge in [-0.15, -0.1) is 0 Å². The van der Waals surface area contributed by atoms with Crippen molar-refractivity contribution in [3.8, 4) is 0 Å². The van der Waals surface area contributed by atoms with Crippen molar-refractivity contribution >= 4 is 23.5 Å². The number of thioether (sulfide) groups is 2. The van der Waals surface area contributed by atoms with Gasteiger partial charge in [-0.3, -0.25) is 0 Å². The van der Waals surface area contributed by atoms with E-state index < -0.39 is 0 Å². The van der Waals surface area contributed by atoms with Crippen LogP contribution in [0.2, 0.25) is 0 Å². The Bertz CT molecular complexity index is 212. The molecule has 0 bridgehead atoms. The van der Waals surface area contributed by atoms with Crippen LogP contribution in [-0.4, -0.2) is 32.7 Å². The van der Waals surface area contributed by atoms with E-state index in [0.29, 0.717) is 15.9 Å². The van der Waals surface area contributed by atoms with Gasteiger partial charge in [-0.05, 0) is 18.3 Å². The molecule has 1 aliphatic rings. The summed E-state index contributed by atoms with van der Waals surface area (Å²) in [6.07, 6.45) is 1.94. The lowest BCUT2D eigenvalue weighted by molar-refractivity contribution is 0.147. The number of hydrogen-bond acceptors (Lipinski definition) is 3. The third kappa shape index (κ3) is 4.89. The van der Waals surface area contributed by atoms with Crippen LogP contribution in [0.1, 0.15) is 47.5 Å². The Morgan fingerprint density at radius 1 is 1.25 bits per heavy atom. The molecule has 0 spiro atoms. The fourth-order valence-corrected chi connectivity index (χ4v) is 4.83. The first-order chi connectivity index (χ1) is 7.29. The topological polar surface area (TPSA) is 20.2 Å². The van der Waals surface area contributed by atoms with E-state index in [-0.39, 0.29) is 6.10 Å². The molecule has 4 unspecified atom stereocenters. The summed E-state index contributed by atoms with van der Waals surface area (Å²) in [6, 6.07) is 0. The summed E-state index contributed by atoms with van der Waals surface area (Å²) in [4.78, 5) is 0. The molecular formula is C13H26OS2. The third-order valence-corrected chi connectivity index (χ3v) is 6.73. The Hall–Kier alpha value is 0.660. The lowest BCUT2D eigenvalue weighted by Crippen LogP contribution is -2.34. The second-order valence-electron chi connectivity index (χ2n) is 6.08. The largest absolute Gasteiger partial charge is 0.392 e. The quantitative estimate of drug-likeness (QED) is 0.835. The highest BCUT2D eigenvalue weighted by Gasteiger charge is 2.30. The average Bonchev–Trinajstić information content (AvgIpc) is 2.17. The van der Waals surface area contributed by atoms with E-state index >= 15 is 0 Å². The van der Waals surface area contributed by atoms with Gasteiger partial charge in [-0.25, -0.2) is 0 Å². The van der Waals surface area contributed by atoms with Crippen LogP contribution in [-0.2, 0) is 0 Å². The molecule has 1 N–H and O–H groups in total. The predicted molar refractivity (Wildman–Crippen MR) is 77.5 cm³/mol. The van der Waals surface area contributed by atoms with Gasteiger partial charge in [0.25, 0.3) is 0 Å². The molecule has 0 aromatic rings. The number of rotatable bonds is 3. The summed E-state index contributed by atoms with van der Waals surface area (Å²) >= 11 is 4.00. The Morgan fingerprint density at radius 3 is 2.38 bits per heavy atom. The summed E-state index contributed by atoms with van der Waals surface area (Å²) in [5.41, 5.74) is 0.340. The van der Waals surface area contributed by atoms with Crippen molar-refractivity contribution in [1.82, 2.24) is 0 Å². The van der Waals surface area contributed by atoms with Gasteiger partial charge in [0.15, 0.2) is 0 Å². The smallest absolute Gasteiger partial charge is 0.0667 e. The van der Waals surface area contributed by atoms with Crippen LogP contribution in [0.3, 0.4) is 0 Å². The molecule has 3 heteroatoms. The molecule has 4 atom stereocenters. The first kappa shape index (κ1) is 14.7. The lowest BCUT2D eigenvalue weighted by Gasteiger charge is -2.34. The van der Waals surface area contributed by atoms with Crippen LogP contribution in [0.15, 0.2) is 0 Å². The number of aliphatic hydroxyl groups excluding tert-OH is 1. The molecule has 0 aromatic carbocycles. The minimum Gasteiger partial charge on any atom is -0.392 e. The molecule has 0 radical (unpaired) electrons.